The summed E-state index contributed by atoms with van der Waals surface area (Å²) in [5, 5.41) is 11.5. The maximum atomic E-state index is 10.5. The highest BCUT2D eigenvalue weighted by molar-refractivity contribution is 9.09. The lowest BCUT2D eigenvalue weighted by Gasteiger charge is -2.05. The fourth-order valence-corrected chi connectivity index (χ4v) is 1.91. The highest BCUT2D eigenvalue weighted by atomic mass is 79.9. The van der Waals surface area contributed by atoms with Crippen LogP contribution in [-0.4, -0.2) is 16.9 Å². The number of hydrogen-bond donors (Lipinski definition) is 0. The number of benzene rings is 1. The van der Waals surface area contributed by atoms with Gasteiger partial charge in [0.05, 0.1) is 11.5 Å². The second kappa shape index (κ2) is 8.69. The summed E-state index contributed by atoms with van der Waals surface area (Å²) in [6, 6.07) is 7.31. The third kappa shape index (κ3) is 6.38. The van der Waals surface area contributed by atoms with E-state index in [0.717, 1.165) is 35.9 Å². The molecule has 0 spiro atoms. The molecular formula is C14H18BrNO3. The zero-order valence-electron chi connectivity index (χ0n) is 11.0. The molecule has 19 heavy (non-hydrogen) atoms. The number of alkyl halides is 1. The van der Waals surface area contributed by atoms with E-state index >= 15 is 0 Å². The summed E-state index contributed by atoms with van der Waals surface area (Å²) in [5.74, 6) is 0.801. The zero-order chi connectivity index (χ0) is 14.1. The molecule has 5 heteroatoms. The number of ether oxygens (including phenoxy) is 1. The molecule has 0 aliphatic rings. The van der Waals surface area contributed by atoms with E-state index in [2.05, 4.69) is 15.9 Å². The van der Waals surface area contributed by atoms with Gasteiger partial charge in [0.2, 0.25) is 5.70 Å². The van der Waals surface area contributed by atoms with Crippen molar-refractivity contribution in [1.82, 2.24) is 0 Å². The van der Waals surface area contributed by atoms with E-state index in [1.165, 1.54) is 6.92 Å². The van der Waals surface area contributed by atoms with Gasteiger partial charge in [-0.2, -0.15) is 0 Å². The van der Waals surface area contributed by atoms with Gasteiger partial charge in [0.25, 0.3) is 0 Å². The first kappa shape index (κ1) is 15.7. The summed E-state index contributed by atoms with van der Waals surface area (Å²) in [7, 11) is 0. The van der Waals surface area contributed by atoms with E-state index in [4.69, 9.17) is 4.74 Å². The Hall–Kier alpha value is -1.36. The molecule has 104 valence electrons. The van der Waals surface area contributed by atoms with Crippen molar-refractivity contribution in [3.05, 3.63) is 45.6 Å². The van der Waals surface area contributed by atoms with Gasteiger partial charge in [-0.15, -0.1) is 0 Å². The average Bonchev–Trinajstić information content (AvgIpc) is 2.40. The summed E-state index contributed by atoms with van der Waals surface area (Å²) < 4.78 is 5.59. The number of hydrogen-bond acceptors (Lipinski definition) is 3. The van der Waals surface area contributed by atoms with Gasteiger partial charge >= 0.3 is 0 Å². The SMILES string of the molecule is C/C(=C\c1ccc(OCCCCCBr)cc1)[N+](=O)[O-]. The van der Waals surface area contributed by atoms with Crippen LogP contribution in [0.1, 0.15) is 31.7 Å². The minimum atomic E-state index is -0.395. The van der Waals surface area contributed by atoms with Gasteiger partial charge < -0.3 is 4.74 Å². The van der Waals surface area contributed by atoms with Crippen molar-refractivity contribution in [1.29, 1.82) is 0 Å². The Morgan fingerprint density at radius 1 is 1.32 bits per heavy atom. The Labute approximate surface area is 121 Å². The van der Waals surface area contributed by atoms with E-state index in [0.29, 0.717) is 6.61 Å². The fraction of sp³-hybridized carbons (Fsp3) is 0.429. The molecule has 0 atom stereocenters. The second-order valence-electron chi connectivity index (χ2n) is 4.21. The fourth-order valence-electron chi connectivity index (χ4n) is 1.52. The molecule has 0 saturated carbocycles. The van der Waals surface area contributed by atoms with E-state index in [1.807, 2.05) is 24.3 Å². The summed E-state index contributed by atoms with van der Waals surface area (Å²) in [6.07, 6.45) is 4.88. The molecule has 0 radical (unpaired) electrons. The third-order valence-corrected chi connectivity index (χ3v) is 3.15. The molecule has 0 unspecified atom stereocenters. The topological polar surface area (TPSA) is 52.4 Å². The Morgan fingerprint density at radius 2 is 2.00 bits per heavy atom. The monoisotopic (exact) mass is 327 g/mol. The molecular weight excluding hydrogens is 310 g/mol. The van der Waals surface area contributed by atoms with E-state index in [9.17, 15) is 10.1 Å². The molecule has 1 rings (SSSR count). The van der Waals surface area contributed by atoms with Crippen molar-refractivity contribution in [2.45, 2.75) is 26.2 Å². The van der Waals surface area contributed by atoms with Crippen molar-refractivity contribution >= 4 is 22.0 Å². The van der Waals surface area contributed by atoms with E-state index in [-0.39, 0.29) is 5.70 Å². The molecule has 1 aromatic carbocycles. The second-order valence-corrected chi connectivity index (χ2v) is 5.00. The quantitative estimate of drug-likeness (QED) is 0.310. The van der Waals surface area contributed by atoms with Crippen LogP contribution in [0.25, 0.3) is 6.08 Å². The van der Waals surface area contributed by atoms with Crippen LogP contribution >= 0.6 is 15.9 Å². The van der Waals surface area contributed by atoms with Gasteiger partial charge in [0.15, 0.2) is 0 Å². The van der Waals surface area contributed by atoms with E-state index in [1.54, 1.807) is 6.08 Å². The molecule has 0 bridgehead atoms. The minimum absolute atomic E-state index is 0.128. The summed E-state index contributed by atoms with van der Waals surface area (Å²) in [5.41, 5.74) is 0.935. The van der Waals surface area contributed by atoms with Crippen LogP contribution < -0.4 is 4.74 Å². The Kier molecular flexibility index (Phi) is 7.18. The molecule has 0 N–H and O–H groups in total. The zero-order valence-corrected chi connectivity index (χ0v) is 12.6. The van der Waals surface area contributed by atoms with Gasteiger partial charge in [-0.05, 0) is 37.0 Å². The van der Waals surface area contributed by atoms with Crippen molar-refractivity contribution < 1.29 is 9.66 Å². The first-order chi connectivity index (χ1) is 9.13. The van der Waals surface area contributed by atoms with Crippen LogP contribution in [0.2, 0.25) is 0 Å². The molecule has 0 aromatic heterocycles. The first-order valence-electron chi connectivity index (χ1n) is 6.25. The van der Waals surface area contributed by atoms with Crippen LogP contribution in [0, 0.1) is 10.1 Å². The lowest BCUT2D eigenvalue weighted by molar-refractivity contribution is -0.422. The number of nitrogens with zero attached hydrogens (tertiary/aromatic N) is 1. The number of halogens is 1. The number of unbranched alkanes of at least 4 members (excludes halogenated alkanes) is 2. The highest BCUT2D eigenvalue weighted by Gasteiger charge is 2.02. The standard InChI is InChI=1S/C14H18BrNO3/c1-12(16(17)18)11-13-5-7-14(8-6-13)19-10-4-2-3-9-15/h5-8,11H,2-4,9-10H2,1H3/b12-11+. The Bertz CT molecular complexity index is 429. The highest BCUT2D eigenvalue weighted by Crippen LogP contribution is 2.15. The van der Waals surface area contributed by atoms with Gasteiger partial charge in [-0.3, -0.25) is 10.1 Å². The summed E-state index contributed by atoms with van der Waals surface area (Å²) in [6.45, 7) is 2.18. The maximum Gasteiger partial charge on any atom is 0.243 e. The molecule has 0 fully saturated rings. The predicted molar refractivity (Wildman–Crippen MR) is 80.2 cm³/mol. The molecule has 4 nitrogen and oxygen atoms in total. The van der Waals surface area contributed by atoms with Crippen molar-refractivity contribution in [3.8, 4) is 5.75 Å². The Morgan fingerprint density at radius 3 is 2.58 bits per heavy atom. The van der Waals surface area contributed by atoms with Gasteiger partial charge in [-0.25, -0.2) is 0 Å². The van der Waals surface area contributed by atoms with Gasteiger partial charge in [0.1, 0.15) is 5.75 Å². The molecule has 0 aliphatic heterocycles. The number of allylic oxidation sites excluding steroid dienone is 1. The molecule has 0 aliphatic carbocycles. The number of rotatable bonds is 8. The minimum Gasteiger partial charge on any atom is -0.494 e. The molecule has 0 saturated heterocycles. The van der Waals surface area contributed by atoms with Crippen LogP contribution in [0.4, 0.5) is 0 Å². The van der Waals surface area contributed by atoms with E-state index < -0.39 is 4.92 Å². The van der Waals surface area contributed by atoms with Gasteiger partial charge in [-0.1, -0.05) is 28.1 Å². The lowest BCUT2D eigenvalue weighted by atomic mass is 10.2. The van der Waals surface area contributed by atoms with Crippen molar-refractivity contribution in [2.24, 2.45) is 0 Å². The van der Waals surface area contributed by atoms with Gasteiger partial charge in [0, 0.05) is 18.3 Å². The number of nitro groups is 1. The largest absolute Gasteiger partial charge is 0.494 e. The molecule has 0 amide bonds. The Balaban J connectivity index is 2.43. The predicted octanol–water partition coefficient (Wildman–Crippen LogP) is 4.27. The average molecular weight is 328 g/mol. The van der Waals surface area contributed by atoms with Crippen LogP contribution in [0.15, 0.2) is 30.0 Å². The van der Waals surface area contributed by atoms with Crippen molar-refractivity contribution in [3.63, 3.8) is 0 Å². The first-order valence-corrected chi connectivity index (χ1v) is 7.37. The lowest BCUT2D eigenvalue weighted by Crippen LogP contribution is -1.97. The smallest absolute Gasteiger partial charge is 0.243 e. The summed E-state index contributed by atoms with van der Waals surface area (Å²) in [4.78, 5) is 10.1. The maximum absolute atomic E-state index is 10.5. The van der Waals surface area contributed by atoms with Crippen LogP contribution in [0.5, 0.6) is 5.75 Å². The van der Waals surface area contributed by atoms with Crippen LogP contribution in [-0.2, 0) is 0 Å². The molecule has 1 aromatic rings. The summed E-state index contributed by atoms with van der Waals surface area (Å²) >= 11 is 3.39. The third-order valence-electron chi connectivity index (χ3n) is 2.59. The van der Waals surface area contributed by atoms with Crippen LogP contribution in [0.3, 0.4) is 0 Å². The normalized spacial score (nSPS) is 11.4. The van der Waals surface area contributed by atoms with Crippen molar-refractivity contribution in [2.75, 3.05) is 11.9 Å². The molecule has 0 heterocycles.